The molecule has 1 rings (SSSR count). The third kappa shape index (κ3) is 8.74. The van der Waals surface area contributed by atoms with Crippen molar-refractivity contribution in [3.8, 4) is 0 Å². The maximum absolute atomic E-state index is 13.0. The van der Waals surface area contributed by atoms with Gasteiger partial charge in [0.15, 0.2) is 0 Å². The zero-order valence-electron chi connectivity index (χ0n) is 17.3. The number of hydrogen-bond donors (Lipinski definition) is 2. The third-order valence-electron chi connectivity index (χ3n) is 4.63. The maximum Gasteiger partial charge on any atom is 0.302 e. The van der Waals surface area contributed by atoms with E-state index in [0.717, 1.165) is 12.1 Å². The average Bonchev–Trinajstić information content (AvgIpc) is 2.69. The molecule has 0 aliphatic carbocycles. The lowest BCUT2D eigenvalue weighted by Crippen LogP contribution is -2.49. The summed E-state index contributed by atoms with van der Waals surface area (Å²) in [6.45, 7) is 1.79. The van der Waals surface area contributed by atoms with Crippen LogP contribution in [0, 0.1) is 10.1 Å². The lowest BCUT2D eigenvalue weighted by atomic mass is 9.85. The van der Waals surface area contributed by atoms with Crippen LogP contribution in [0.4, 0.5) is 5.69 Å². The van der Waals surface area contributed by atoms with Gasteiger partial charge in [0.2, 0.25) is 10.0 Å². The van der Waals surface area contributed by atoms with E-state index in [4.69, 9.17) is 9.47 Å². The Kier molecular flexibility index (Phi) is 10.9. The number of hydrogen-bond acceptors (Lipinski definition) is 8. The maximum atomic E-state index is 13.0. The van der Waals surface area contributed by atoms with Crippen LogP contribution in [-0.4, -0.2) is 56.9 Å². The summed E-state index contributed by atoms with van der Waals surface area (Å²) in [4.78, 5) is 21.1. The zero-order valence-corrected chi connectivity index (χ0v) is 18.2. The minimum Gasteiger partial charge on any atom is -0.466 e. The summed E-state index contributed by atoms with van der Waals surface area (Å²) < 4.78 is 38.8. The predicted octanol–water partition coefficient (Wildman–Crippen LogP) is 2.15. The molecule has 0 aliphatic heterocycles. The van der Waals surface area contributed by atoms with E-state index in [9.17, 15) is 28.4 Å². The Hall–Kier alpha value is -2.08. The molecule has 11 heteroatoms. The molecule has 1 aromatic rings. The Balaban J connectivity index is 3.10. The summed E-state index contributed by atoms with van der Waals surface area (Å²) in [6.07, 6.45) is 2.60. The SMILES string of the molecule is COCCC[C@](CCCO)(CCCOC(C)=O)NS(=O)(=O)c1ccc([N+](=O)[O-])cc1. The van der Waals surface area contributed by atoms with Crippen LogP contribution in [0.3, 0.4) is 0 Å². The van der Waals surface area contributed by atoms with Crippen molar-refractivity contribution in [3.63, 3.8) is 0 Å². The van der Waals surface area contributed by atoms with Gasteiger partial charge in [0, 0.05) is 44.9 Å². The van der Waals surface area contributed by atoms with E-state index in [2.05, 4.69) is 4.72 Å². The molecule has 0 bridgehead atoms. The molecule has 0 amide bonds. The first kappa shape index (κ1) is 26.0. The van der Waals surface area contributed by atoms with Gasteiger partial charge in [-0.2, -0.15) is 0 Å². The number of sulfonamides is 1. The van der Waals surface area contributed by atoms with Gasteiger partial charge in [-0.15, -0.1) is 0 Å². The zero-order chi connectivity index (χ0) is 22.6. The van der Waals surface area contributed by atoms with E-state index in [1.807, 2.05) is 0 Å². The van der Waals surface area contributed by atoms with Crippen LogP contribution in [0.1, 0.15) is 45.4 Å². The minimum absolute atomic E-state index is 0.0896. The van der Waals surface area contributed by atoms with Crippen LogP contribution < -0.4 is 4.72 Å². The summed E-state index contributed by atoms with van der Waals surface area (Å²) in [6, 6.07) is 4.64. The van der Waals surface area contributed by atoms with Gasteiger partial charge in [-0.3, -0.25) is 14.9 Å². The molecule has 0 spiro atoms. The Morgan fingerprint density at radius 3 is 2.20 bits per heavy atom. The number of esters is 1. The third-order valence-corrected chi connectivity index (χ3v) is 6.23. The Bertz CT molecular complexity index is 782. The number of ether oxygens (including phenoxy) is 2. The number of nitro benzene ring substituents is 1. The van der Waals surface area contributed by atoms with Gasteiger partial charge in [-0.25, -0.2) is 13.1 Å². The van der Waals surface area contributed by atoms with Crippen molar-refractivity contribution in [2.75, 3.05) is 26.9 Å². The Morgan fingerprint density at radius 1 is 1.13 bits per heavy atom. The monoisotopic (exact) mass is 446 g/mol. The highest BCUT2D eigenvalue weighted by Crippen LogP contribution is 2.29. The van der Waals surface area contributed by atoms with Crippen LogP contribution in [0.5, 0.6) is 0 Å². The molecule has 0 radical (unpaired) electrons. The minimum atomic E-state index is -3.98. The summed E-state index contributed by atoms with van der Waals surface area (Å²) >= 11 is 0. The molecule has 1 atom stereocenters. The van der Waals surface area contributed by atoms with E-state index in [0.29, 0.717) is 45.1 Å². The second-order valence-electron chi connectivity index (χ2n) is 7.00. The molecular formula is C19H30N2O8S. The summed E-state index contributed by atoms with van der Waals surface area (Å²) in [7, 11) is -2.43. The van der Waals surface area contributed by atoms with Gasteiger partial charge in [0.1, 0.15) is 0 Å². The molecule has 170 valence electrons. The van der Waals surface area contributed by atoms with Crippen molar-refractivity contribution < 1.29 is 32.7 Å². The molecule has 0 unspecified atom stereocenters. The molecule has 0 saturated heterocycles. The number of benzene rings is 1. The van der Waals surface area contributed by atoms with Gasteiger partial charge >= 0.3 is 5.97 Å². The van der Waals surface area contributed by atoms with E-state index < -0.39 is 26.5 Å². The lowest BCUT2D eigenvalue weighted by Gasteiger charge is -2.35. The molecular weight excluding hydrogens is 416 g/mol. The standard InChI is InChI=1S/C19H30N2O8S/c1-16(23)29-15-5-12-19(10-3-13-22,11-4-14-28-2)20-30(26,27)18-8-6-17(7-9-18)21(24)25/h6-9,20,22H,3-5,10-15H2,1-2H3/t19-/m1/s1. The van der Waals surface area contributed by atoms with Crippen LogP contribution >= 0.6 is 0 Å². The van der Waals surface area contributed by atoms with Crippen molar-refractivity contribution in [1.29, 1.82) is 0 Å². The molecule has 2 N–H and O–H groups in total. The Morgan fingerprint density at radius 2 is 1.70 bits per heavy atom. The fourth-order valence-corrected chi connectivity index (χ4v) is 4.71. The van der Waals surface area contributed by atoms with Crippen molar-refractivity contribution in [3.05, 3.63) is 34.4 Å². The fraction of sp³-hybridized carbons (Fsp3) is 0.632. The fourth-order valence-electron chi connectivity index (χ4n) is 3.22. The van der Waals surface area contributed by atoms with Crippen molar-refractivity contribution >= 4 is 21.7 Å². The number of carbonyl (C=O) groups excluding carboxylic acids is 1. The van der Waals surface area contributed by atoms with Gasteiger partial charge in [0.25, 0.3) is 5.69 Å². The number of non-ortho nitro benzene ring substituents is 1. The lowest BCUT2D eigenvalue weighted by molar-refractivity contribution is -0.384. The highest BCUT2D eigenvalue weighted by atomic mass is 32.2. The van der Waals surface area contributed by atoms with Gasteiger partial charge < -0.3 is 14.6 Å². The number of carbonyl (C=O) groups is 1. The largest absolute Gasteiger partial charge is 0.466 e. The van der Waals surface area contributed by atoms with Crippen LogP contribution in [-0.2, 0) is 24.3 Å². The second kappa shape index (κ2) is 12.6. The number of aliphatic hydroxyl groups is 1. The highest BCUT2D eigenvalue weighted by Gasteiger charge is 2.34. The Labute approximate surface area is 176 Å². The van der Waals surface area contributed by atoms with E-state index in [1.165, 1.54) is 19.1 Å². The number of rotatable bonds is 15. The molecule has 0 aliphatic rings. The van der Waals surface area contributed by atoms with Crippen LogP contribution in [0.15, 0.2) is 29.2 Å². The highest BCUT2D eigenvalue weighted by molar-refractivity contribution is 7.89. The van der Waals surface area contributed by atoms with Gasteiger partial charge in [-0.1, -0.05) is 0 Å². The molecule has 10 nitrogen and oxygen atoms in total. The summed E-state index contributed by atoms with van der Waals surface area (Å²) in [5, 5.41) is 20.1. The summed E-state index contributed by atoms with van der Waals surface area (Å²) in [5.74, 6) is -0.415. The quantitative estimate of drug-likeness (QED) is 0.180. The molecule has 0 saturated carbocycles. The predicted molar refractivity (Wildman–Crippen MR) is 109 cm³/mol. The van der Waals surface area contributed by atoms with E-state index >= 15 is 0 Å². The molecule has 0 heterocycles. The normalized spacial score (nSPS) is 13.6. The van der Waals surface area contributed by atoms with Gasteiger partial charge in [-0.05, 0) is 50.7 Å². The number of nitrogens with zero attached hydrogens (tertiary/aromatic N) is 1. The smallest absolute Gasteiger partial charge is 0.302 e. The van der Waals surface area contributed by atoms with E-state index in [1.54, 1.807) is 7.11 Å². The first-order valence-corrected chi connectivity index (χ1v) is 11.2. The number of methoxy groups -OCH3 is 1. The molecule has 0 fully saturated rings. The van der Waals surface area contributed by atoms with Crippen LogP contribution in [0.25, 0.3) is 0 Å². The number of aliphatic hydroxyl groups excluding tert-OH is 1. The van der Waals surface area contributed by atoms with Crippen molar-refractivity contribution in [2.24, 2.45) is 0 Å². The van der Waals surface area contributed by atoms with E-state index in [-0.39, 0.29) is 23.8 Å². The first-order valence-electron chi connectivity index (χ1n) is 9.67. The second-order valence-corrected chi connectivity index (χ2v) is 8.69. The molecule has 30 heavy (non-hydrogen) atoms. The number of nitro groups is 1. The molecule has 0 aromatic heterocycles. The van der Waals surface area contributed by atoms with Crippen molar-refractivity contribution in [1.82, 2.24) is 4.72 Å². The molecule has 1 aromatic carbocycles. The number of nitrogens with one attached hydrogen (secondary N) is 1. The topological polar surface area (TPSA) is 145 Å². The van der Waals surface area contributed by atoms with Crippen LogP contribution in [0.2, 0.25) is 0 Å². The van der Waals surface area contributed by atoms with Gasteiger partial charge in [0.05, 0.1) is 16.4 Å². The summed E-state index contributed by atoms with van der Waals surface area (Å²) in [5.41, 5.74) is -1.09. The average molecular weight is 447 g/mol. The first-order chi connectivity index (χ1) is 14.2. The van der Waals surface area contributed by atoms with Crippen molar-refractivity contribution in [2.45, 2.75) is 55.9 Å².